The topological polar surface area (TPSA) is 49.3 Å². The minimum atomic E-state index is -1.55. The highest BCUT2D eigenvalue weighted by molar-refractivity contribution is 7.99. The van der Waals surface area contributed by atoms with Crippen LogP contribution in [0.5, 0.6) is 0 Å². The van der Waals surface area contributed by atoms with Crippen LogP contribution in [-0.2, 0) is 4.79 Å². The maximum atomic E-state index is 12.2. The van der Waals surface area contributed by atoms with Gasteiger partial charge in [0.25, 0.3) is 5.91 Å². The molecule has 2 aromatic carbocycles. The predicted octanol–water partition coefficient (Wildman–Crippen LogP) is 5.13. The molecule has 0 radical (unpaired) electrons. The molecule has 0 bridgehead atoms. The van der Waals surface area contributed by atoms with Crippen LogP contribution in [0.25, 0.3) is 0 Å². The van der Waals surface area contributed by atoms with Gasteiger partial charge in [-0.05, 0) is 49.4 Å². The fraction of sp³-hybridized carbons (Fsp3) is 0.188. The van der Waals surface area contributed by atoms with Crippen LogP contribution in [0.3, 0.4) is 0 Å². The summed E-state index contributed by atoms with van der Waals surface area (Å²) in [5.74, 6) is -0.320. The van der Waals surface area contributed by atoms with Crippen molar-refractivity contribution in [2.45, 2.75) is 17.4 Å². The lowest BCUT2D eigenvalue weighted by molar-refractivity contribution is -0.130. The molecule has 0 fully saturated rings. The Kier molecular flexibility index (Phi) is 6.23. The maximum Gasteiger partial charge on any atom is 0.256 e. The summed E-state index contributed by atoms with van der Waals surface area (Å²) in [6.07, 6.45) is 0. The molecule has 0 aromatic heterocycles. The monoisotopic (exact) mass is 389 g/mol. The Balaban J connectivity index is 1.98. The van der Waals surface area contributed by atoms with Crippen LogP contribution < -0.4 is 5.32 Å². The molecule has 0 aliphatic heterocycles. The molecular formula is C16H14Cl3NO2S. The van der Waals surface area contributed by atoms with Gasteiger partial charge < -0.3 is 10.4 Å². The number of carbonyl (C=O) groups is 1. The summed E-state index contributed by atoms with van der Waals surface area (Å²) in [5, 5.41) is 14.4. The standard InChI is InChI=1S/C16H14Cl3NO2S/c1-16(22,9-23-12-5-2-10(17)3-6-12)15(21)20-11-4-7-13(18)14(19)8-11/h2-8,22H,9H2,1H3,(H,20,21). The van der Waals surface area contributed by atoms with E-state index in [9.17, 15) is 9.90 Å². The highest BCUT2D eigenvalue weighted by atomic mass is 35.5. The summed E-state index contributed by atoms with van der Waals surface area (Å²) in [5.41, 5.74) is -1.07. The molecule has 0 saturated carbocycles. The lowest BCUT2D eigenvalue weighted by Crippen LogP contribution is -2.42. The minimum Gasteiger partial charge on any atom is -0.379 e. The largest absolute Gasteiger partial charge is 0.379 e. The smallest absolute Gasteiger partial charge is 0.256 e. The number of nitrogens with one attached hydrogen (secondary N) is 1. The van der Waals surface area contributed by atoms with Crippen LogP contribution in [0.15, 0.2) is 47.4 Å². The molecule has 1 atom stereocenters. The first-order valence-electron chi connectivity index (χ1n) is 6.65. The highest BCUT2D eigenvalue weighted by Gasteiger charge is 2.30. The maximum absolute atomic E-state index is 12.2. The molecule has 23 heavy (non-hydrogen) atoms. The molecular weight excluding hydrogens is 377 g/mol. The second-order valence-electron chi connectivity index (χ2n) is 5.10. The van der Waals surface area contributed by atoms with E-state index in [0.717, 1.165) is 4.90 Å². The zero-order chi connectivity index (χ0) is 17.0. The predicted molar refractivity (Wildman–Crippen MR) is 97.9 cm³/mol. The lowest BCUT2D eigenvalue weighted by atomic mass is 10.1. The molecule has 0 heterocycles. The number of carbonyl (C=O) groups excluding carboxylic acids is 1. The molecule has 1 amide bonds. The molecule has 3 nitrogen and oxygen atoms in total. The summed E-state index contributed by atoms with van der Waals surface area (Å²) >= 11 is 18.9. The van der Waals surface area contributed by atoms with Crippen LogP contribution >= 0.6 is 46.6 Å². The number of amides is 1. The minimum absolute atomic E-state index is 0.196. The van der Waals surface area contributed by atoms with E-state index >= 15 is 0 Å². The summed E-state index contributed by atoms with van der Waals surface area (Å²) in [6, 6.07) is 11.9. The average molecular weight is 391 g/mol. The van der Waals surface area contributed by atoms with Crippen molar-refractivity contribution in [3.05, 3.63) is 57.5 Å². The van der Waals surface area contributed by atoms with Crippen LogP contribution in [0, 0.1) is 0 Å². The quantitative estimate of drug-likeness (QED) is 0.696. The molecule has 0 spiro atoms. The van der Waals surface area contributed by atoms with Gasteiger partial charge in [0.05, 0.1) is 10.0 Å². The Morgan fingerprint density at radius 3 is 2.39 bits per heavy atom. The van der Waals surface area contributed by atoms with Crippen molar-refractivity contribution < 1.29 is 9.90 Å². The molecule has 1 unspecified atom stereocenters. The van der Waals surface area contributed by atoms with Gasteiger partial charge in [-0.25, -0.2) is 0 Å². The number of rotatable bonds is 5. The molecule has 2 aromatic rings. The van der Waals surface area contributed by atoms with Crippen molar-refractivity contribution in [3.8, 4) is 0 Å². The third kappa shape index (κ3) is 5.30. The van der Waals surface area contributed by atoms with Crippen molar-refractivity contribution >= 4 is 58.2 Å². The third-order valence-electron chi connectivity index (χ3n) is 3.00. The zero-order valence-corrected chi connectivity index (χ0v) is 15.2. The number of aliphatic hydroxyl groups is 1. The van der Waals surface area contributed by atoms with Crippen LogP contribution in [-0.4, -0.2) is 22.4 Å². The summed E-state index contributed by atoms with van der Waals surface area (Å²) in [7, 11) is 0. The number of thioether (sulfide) groups is 1. The number of anilines is 1. The van der Waals surface area contributed by atoms with E-state index < -0.39 is 11.5 Å². The zero-order valence-electron chi connectivity index (χ0n) is 12.1. The first kappa shape index (κ1) is 18.4. The van der Waals surface area contributed by atoms with Crippen molar-refractivity contribution in [1.82, 2.24) is 0 Å². The summed E-state index contributed by atoms with van der Waals surface area (Å²) in [4.78, 5) is 13.1. The first-order chi connectivity index (χ1) is 10.8. The van der Waals surface area contributed by atoms with E-state index in [0.29, 0.717) is 20.8 Å². The van der Waals surface area contributed by atoms with Gasteiger partial charge in [0.2, 0.25) is 0 Å². The number of hydrogen-bond donors (Lipinski definition) is 2. The molecule has 2 N–H and O–H groups in total. The number of benzene rings is 2. The Bertz CT molecular complexity index is 705. The van der Waals surface area contributed by atoms with Gasteiger partial charge >= 0.3 is 0 Å². The van der Waals surface area contributed by atoms with E-state index in [1.54, 1.807) is 24.3 Å². The fourth-order valence-electron chi connectivity index (χ4n) is 1.66. The highest BCUT2D eigenvalue weighted by Crippen LogP contribution is 2.27. The van der Waals surface area contributed by atoms with Gasteiger partial charge in [-0.2, -0.15) is 0 Å². The van der Waals surface area contributed by atoms with Crippen molar-refractivity contribution in [2.75, 3.05) is 11.1 Å². The Morgan fingerprint density at radius 1 is 1.13 bits per heavy atom. The van der Waals surface area contributed by atoms with Crippen molar-refractivity contribution in [3.63, 3.8) is 0 Å². The lowest BCUT2D eigenvalue weighted by Gasteiger charge is -2.22. The Morgan fingerprint density at radius 2 is 1.78 bits per heavy atom. The van der Waals surface area contributed by atoms with Gasteiger partial charge in [0.1, 0.15) is 5.60 Å². The normalized spacial score (nSPS) is 13.4. The fourth-order valence-corrected chi connectivity index (χ4v) is 2.99. The van der Waals surface area contributed by atoms with E-state index in [-0.39, 0.29) is 5.75 Å². The molecule has 122 valence electrons. The SMILES string of the molecule is CC(O)(CSc1ccc(Cl)cc1)C(=O)Nc1ccc(Cl)c(Cl)c1. The number of hydrogen-bond acceptors (Lipinski definition) is 3. The van der Waals surface area contributed by atoms with Crippen LogP contribution in [0.4, 0.5) is 5.69 Å². The Hall–Kier alpha value is -0.910. The first-order valence-corrected chi connectivity index (χ1v) is 8.77. The van der Waals surface area contributed by atoms with Gasteiger partial charge in [0, 0.05) is 21.4 Å². The average Bonchev–Trinajstić information content (AvgIpc) is 2.50. The molecule has 0 aliphatic rings. The summed E-state index contributed by atoms with van der Waals surface area (Å²) in [6.45, 7) is 1.46. The van der Waals surface area contributed by atoms with Crippen molar-refractivity contribution in [2.24, 2.45) is 0 Å². The third-order valence-corrected chi connectivity index (χ3v) is 5.30. The van der Waals surface area contributed by atoms with E-state index in [1.165, 1.54) is 24.8 Å². The second kappa shape index (κ2) is 7.77. The van der Waals surface area contributed by atoms with Gasteiger partial charge in [-0.1, -0.05) is 34.8 Å². The van der Waals surface area contributed by atoms with Crippen molar-refractivity contribution in [1.29, 1.82) is 0 Å². The second-order valence-corrected chi connectivity index (χ2v) is 7.40. The summed E-state index contributed by atoms with van der Waals surface area (Å²) < 4.78 is 0. The van der Waals surface area contributed by atoms with Gasteiger partial charge in [-0.15, -0.1) is 11.8 Å². The van der Waals surface area contributed by atoms with Gasteiger partial charge in [-0.3, -0.25) is 4.79 Å². The van der Waals surface area contributed by atoms with E-state index in [4.69, 9.17) is 34.8 Å². The van der Waals surface area contributed by atoms with Gasteiger partial charge in [0.15, 0.2) is 0 Å². The molecule has 0 saturated heterocycles. The van der Waals surface area contributed by atoms with Crippen LogP contribution in [0.2, 0.25) is 15.1 Å². The molecule has 2 rings (SSSR count). The number of halogens is 3. The van der Waals surface area contributed by atoms with E-state index in [2.05, 4.69) is 5.32 Å². The molecule has 7 heteroatoms. The Labute approximate surface area is 153 Å². The van der Waals surface area contributed by atoms with E-state index in [1.807, 2.05) is 12.1 Å². The molecule has 0 aliphatic carbocycles. The van der Waals surface area contributed by atoms with Crippen LogP contribution in [0.1, 0.15) is 6.92 Å².